The molecule has 0 aromatic heterocycles. The van der Waals surface area contributed by atoms with Crippen LogP contribution < -0.4 is 5.32 Å². The fraction of sp³-hybridized carbons (Fsp3) is 0.429. The molecule has 0 saturated heterocycles. The van der Waals surface area contributed by atoms with Crippen molar-refractivity contribution in [3.63, 3.8) is 0 Å². The van der Waals surface area contributed by atoms with Crippen LogP contribution in [-0.2, 0) is 15.0 Å². The molecule has 0 saturated carbocycles. The standard InChI is InChI=1S/C14H15F4NO3/c1-13(2,8-4-3-5-9(15)6-8)12(22)19-10(11(20)21)7-14(16,17)18/h3-6,10H,7H2,1-2H3,(H,19,22)(H,20,21). The summed E-state index contributed by atoms with van der Waals surface area (Å²) in [6, 6.07) is 2.91. The summed E-state index contributed by atoms with van der Waals surface area (Å²) in [5.41, 5.74) is -1.16. The summed E-state index contributed by atoms with van der Waals surface area (Å²) in [5, 5.41) is 10.6. The summed E-state index contributed by atoms with van der Waals surface area (Å²) in [7, 11) is 0. The Balaban J connectivity index is 2.95. The lowest BCUT2D eigenvalue weighted by Crippen LogP contribution is -2.49. The Hall–Kier alpha value is -2.12. The third-order valence-corrected chi connectivity index (χ3v) is 3.15. The van der Waals surface area contributed by atoms with Crippen LogP contribution in [0.4, 0.5) is 17.6 Å². The van der Waals surface area contributed by atoms with Crippen LogP contribution in [0.5, 0.6) is 0 Å². The second-order valence-electron chi connectivity index (χ2n) is 5.32. The van der Waals surface area contributed by atoms with E-state index in [1.807, 2.05) is 5.32 Å². The number of aliphatic carboxylic acids is 1. The predicted molar refractivity (Wildman–Crippen MR) is 69.7 cm³/mol. The van der Waals surface area contributed by atoms with Gasteiger partial charge in [-0.3, -0.25) is 4.79 Å². The third-order valence-electron chi connectivity index (χ3n) is 3.15. The number of benzene rings is 1. The van der Waals surface area contributed by atoms with Crippen molar-refractivity contribution in [3.8, 4) is 0 Å². The molecule has 0 aliphatic carbocycles. The number of carboxylic acids is 1. The molecule has 1 rings (SSSR count). The highest BCUT2D eigenvalue weighted by Crippen LogP contribution is 2.26. The number of carbonyl (C=O) groups excluding carboxylic acids is 1. The molecular formula is C14H15F4NO3. The molecule has 2 N–H and O–H groups in total. The van der Waals surface area contributed by atoms with Gasteiger partial charge in [0.2, 0.25) is 5.91 Å². The Morgan fingerprint density at radius 3 is 2.32 bits per heavy atom. The fourth-order valence-electron chi connectivity index (χ4n) is 1.78. The van der Waals surface area contributed by atoms with Crippen molar-refractivity contribution in [2.75, 3.05) is 0 Å². The molecule has 1 aromatic rings. The molecule has 0 radical (unpaired) electrons. The first-order valence-electron chi connectivity index (χ1n) is 6.30. The Kier molecular flexibility index (Phi) is 5.16. The Labute approximate surface area is 124 Å². The maximum atomic E-state index is 13.2. The van der Waals surface area contributed by atoms with E-state index in [9.17, 15) is 27.2 Å². The number of nitrogens with one attached hydrogen (secondary N) is 1. The van der Waals surface area contributed by atoms with Crippen molar-refractivity contribution in [3.05, 3.63) is 35.6 Å². The van der Waals surface area contributed by atoms with E-state index in [4.69, 9.17) is 5.11 Å². The molecule has 0 fully saturated rings. The first kappa shape index (κ1) is 17.9. The largest absolute Gasteiger partial charge is 0.480 e. The fourth-order valence-corrected chi connectivity index (χ4v) is 1.78. The molecule has 1 unspecified atom stereocenters. The topological polar surface area (TPSA) is 66.4 Å². The van der Waals surface area contributed by atoms with Crippen LogP contribution in [-0.4, -0.2) is 29.2 Å². The zero-order chi connectivity index (χ0) is 17.1. The number of hydrogen-bond donors (Lipinski definition) is 2. The Morgan fingerprint density at radius 2 is 1.86 bits per heavy atom. The highest BCUT2D eigenvalue weighted by atomic mass is 19.4. The van der Waals surface area contributed by atoms with Crippen LogP contribution >= 0.6 is 0 Å². The molecular weight excluding hydrogens is 306 g/mol. The molecule has 0 aliphatic rings. The molecule has 0 spiro atoms. The van der Waals surface area contributed by atoms with E-state index >= 15 is 0 Å². The number of halogens is 4. The normalized spacial score (nSPS) is 13.5. The van der Waals surface area contributed by atoms with E-state index < -0.39 is 41.7 Å². The summed E-state index contributed by atoms with van der Waals surface area (Å²) >= 11 is 0. The minimum Gasteiger partial charge on any atom is -0.480 e. The number of amides is 1. The zero-order valence-corrected chi connectivity index (χ0v) is 11.9. The summed E-state index contributed by atoms with van der Waals surface area (Å²) in [6.45, 7) is 2.73. The van der Waals surface area contributed by atoms with Crippen LogP contribution in [0.3, 0.4) is 0 Å². The summed E-state index contributed by atoms with van der Waals surface area (Å²) in [5.74, 6) is -3.33. The molecule has 1 aromatic carbocycles. The third kappa shape index (κ3) is 4.71. The number of hydrogen-bond acceptors (Lipinski definition) is 2. The van der Waals surface area contributed by atoms with E-state index in [0.717, 1.165) is 12.1 Å². The number of carboxylic acid groups (broad SMARTS) is 1. The van der Waals surface area contributed by atoms with Gasteiger partial charge in [-0.15, -0.1) is 0 Å². The molecule has 122 valence electrons. The smallest absolute Gasteiger partial charge is 0.391 e. The van der Waals surface area contributed by atoms with Crippen LogP contribution in [0.2, 0.25) is 0 Å². The molecule has 1 amide bonds. The van der Waals surface area contributed by atoms with Gasteiger partial charge in [-0.05, 0) is 31.5 Å². The number of carbonyl (C=O) groups is 2. The maximum absolute atomic E-state index is 13.2. The van der Waals surface area contributed by atoms with E-state index in [0.29, 0.717) is 0 Å². The lowest BCUT2D eigenvalue weighted by molar-refractivity contribution is -0.160. The molecule has 22 heavy (non-hydrogen) atoms. The molecule has 0 bridgehead atoms. The highest BCUT2D eigenvalue weighted by molar-refractivity contribution is 5.90. The second kappa shape index (κ2) is 6.33. The van der Waals surface area contributed by atoms with Gasteiger partial charge in [-0.1, -0.05) is 12.1 Å². The van der Waals surface area contributed by atoms with E-state index in [1.54, 1.807) is 0 Å². The summed E-state index contributed by atoms with van der Waals surface area (Å²) < 4.78 is 50.2. The summed E-state index contributed by atoms with van der Waals surface area (Å²) in [6.07, 6.45) is -6.42. The number of rotatable bonds is 5. The monoisotopic (exact) mass is 321 g/mol. The van der Waals surface area contributed by atoms with Crippen molar-refractivity contribution >= 4 is 11.9 Å². The number of alkyl halides is 3. The van der Waals surface area contributed by atoms with Crippen LogP contribution in [0.15, 0.2) is 24.3 Å². The van der Waals surface area contributed by atoms with Crippen LogP contribution in [0.25, 0.3) is 0 Å². The average molecular weight is 321 g/mol. The van der Waals surface area contributed by atoms with Gasteiger partial charge in [-0.25, -0.2) is 9.18 Å². The first-order chi connectivity index (χ1) is 9.93. The summed E-state index contributed by atoms with van der Waals surface area (Å²) in [4.78, 5) is 23.0. The Bertz CT molecular complexity index is 569. The first-order valence-corrected chi connectivity index (χ1v) is 6.30. The van der Waals surface area contributed by atoms with Crippen molar-refractivity contribution in [2.45, 2.75) is 37.9 Å². The van der Waals surface area contributed by atoms with Crippen molar-refractivity contribution in [2.24, 2.45) is 0 Å². The molecule has 4 nitrogen and oxygen atoms in total. The van der Waals surface area contributed by atoms with Gasteiger partial charge in [0.15, 0.2) is 0 Å². The van der Waals surface area contributed by atoms with E-state index in [1.165, 1.54) is 26.0 Å². The predicted octanol–water partition coefficient (Wildman–Crippen LogP) is 2.63. The quantitative estimate of drug-likeness (QED) is 0.819. The SMILES string of the molecule is CC(C)(C(=O)NC(CC(F)(F)F)C(=O)O)c1cccc(F)c1. The van der Waals surface area contributed by atoms with Gasteiger partial charge < -0.3 is 10.4 Å². The maximum Gasteiger partial charge on any atom is 0.391 e. The van der Waals surface area contributed by atoms with Gasteiger partial charge in [0, 0.05) is 0 Å². The zero-order valence-electron chi connectivity index (χ0n) is 11.9. The van der Waals surface area contributed by atoms with E-state index in [2.05, 4.69) is 0 Å². The van der Waals surface area contributed by atoms with Gasteiger partial charge in [0.1, 0.15) is 11.9 Å². The molecule has 0 heterocycles. The van der Waals surface area contributed by atoms with Gasteiger partial charge in [0.25, 0.3) is 0 Å². The van der Waals surface area contributed by atoms with Crippen molar-refractivity contribution in [1.82, 2.24) is 5.32 Å². The second-order valence-corrected chi connectivity index (χ2v) is 5.32. The average Bonchev–Trinajstić information content (AvgIpc) is 2.36. The minimum absolute atomic E-state index is 0.223. The van der Waals surface area contributed by atoms with Gasteiger partial charge in [-0.2, -0.15) is 13.2 Å². The highest BCUT2D eigenvalue weighted by Gasteiger charge is 2.39. The lowest BCUT2D eigenvalue weighted by Gasteiger charge is -2.26. The van der Waals surface area contributed by atoms with Crippen LogP contribution in [0.1, 0.15) is 25.8 Å². The minimum atomic E-state index is -4.74. The van der Waals surface area contributed by atoms with Crippen molar-refractivity contribution in [1.29, 1.82) is 0 Å². The van der Waals surface area contributed by atoms with Gasteiger partial charge in [0.05, 0.1) is 11.8 Å². The van der Waals surface area contributed by atoms with Crippen molar-refractivity contribution < 1.29 is 32.3 Å². The molecule has 0 aliphatic heterocycles. The van der Waals surface area contributed by atoms with Gasteiger partial charge >= 0.3 is 12.1 Å². The molecule has 8 heteroatoms. The van der Waals surface area contributed by atoms with Crippen LogP contribution in [0, 0.1) is 5.82 Å². The molecule has 1 atom stereocenters. The Morgan fingerprint density at radius 1 is 1.27 bits per heavy atom. The van der Waals surface area contributed by atoms with E-state index in [-0.39, 0.29) is 5.56 Å². The lowest BCUT2D eigenvalue weighted by atomic mass is 9.83.